The number of fused-ring (bicyclic) bond motifs is 1. The summed E-state index contributed by atoms with van der Waals surface area (Å²) in [7, 11) is 0. The van der Waals surface area contributed by atoms with Gasteiger partial charge < -0.3 is 39.8 Å². The van der Waals surface area contributed by atoms with Gasteiger partial charge in [0, 0.05) is 43.5 Å². The minimum Gasteiger partial charge on any atom is -0.499 e. The third kappa shape index (κ3) is 11.2. The number of hydrogen-bond acceptors (Lipinski definition) is 9. The van der Waals surface area contributed by atoms with E-state index in [9.17, 15) is 14.4 Å². The van der Waals surface area contributed by atoms with E-state index in [-0.39, 0.29) is 51.1 Å². The molecule has 4 N–H and O–H groups in total. The molecule has 0 aromatic heterocycles. The Kier molecular flexibility index (Phi) is 15.5. The van der Waals surface area contributed by atoms with Crippen LogP contribution in [0, 0.1) is 0 Å². The van der Waals surface area contributed by atoms with E-state index < -0.39 is 30.1 Å². The Hall–Kier alpha value is -4.03. The standard InChI is InChI=1S/C39H52N2O9/c1-3-5-7-16-39(17-8-6-4-2)49-34-26-32(37(45)41-27-29-12-10-13-30(24-29)36(44)40-18-19-42)25-33(35(34)50-39)48-38(46)31-14-9-11-28(23-31)15-21-47-22-20-43/h9-15,21,23-24,26,33-35,42-43H,3-8,16-20,22,25,27H2,1-2H3,(H,40,44)(H,41,45). The van der Waals surface area contributed by atoms with Crippen LogP contribution >= 0.6 is 0 Å². The van der Waals surface area contributed by atoms with E-state index in [0.717, 1.165) is 49.7 Å². The lowest BCUT2D eigenvalue weighted by molar-refractivity contribution is -0.190. The molecule has 1 saturated heterocycles. The van der Waals surface area contributed by atoms with Gasteiger partial charge in [0.25, 0.3) is 5.91 Å². The number of nitrogens with one attached hydrogen (secondary N) is 2. The van der Waals surface area contributed by atoms with Crippen LogP contribution in [0.5, 0.6) is 0 Å². The summed E-state index contributed by atoms with van der Waals surface area (Å²) < 4.78 is 24.8. The van der Waals surface area contributed by atoms with Crippen LogP contribution in [0.4, 0.5) is 0 Å². The van der Waals surface area contributed by atoms with E-state index in [4.69, 9.17) is 29.2 Å². The van der Waals surface area contributed by atoms with E-state index in [0.29, 0.717) is 29.5 Å². The van der Waals surface area contributed by atoms with Gasteiger partial charge in [0.05, 0.1) is 25.0 Å². The highest BCUT2D eigenvalue weighted by Crippen LogP contribution is 2.43. The molecule has 0 saturated carbocycles. The van der Waals surface area contributed by atoms with E-state index in [1.54, 1.807) is 42.5 Å². The highest BCUT2D eigenvalue weighted by atomic mass is 16.8. The Bertz CT molecular complexity index is 1460. The molecule has 0 bridgehead atoms. The fraction of sp³-hybridized carbons (Fsp3) is 0.513. The highest BCUT2D eigenvalue weighted by Gasteiger charge is 2.52. The molecule has 50 heavy (non-hydrogen) atoms. The first-order valence-corrected chi connectivity index (χ1v) is 17.8. The Balaban J connectivity index is 1.54. The van der Waals surface area contributed by atoms with E-state index in [1.807, 2.05) is 18.2 Å². The molecule has 272 valence electrons. The number of amides is 2. The molecule has 1 heterocycles. The maximum Gasteiger partial charge on any atom is 0.338 e. The van der Waals surface area contributed by atoms with Crippen molar-refractivity contribution in [1.29, 1.82) is 0 Å². The van der Waals surface area contributed by atoms with E-state index in [1.165, 1.54) is 6.26 Å². The van der Waals surface area contributed by atoms with Crippen LogP contribution in [0.2, 0.25) is 0 Å². The molecule has 2 aromatic carbocycles. The summed E-state index contributed by atoms with van der Waals surface area (Å²) in [6, 6.07) is 13.8. The lowest BCUT2D eigenvalue weighted by Crippen LogP contribution is -2.43. The van der Waals surface area contributed by atoms with Gasteiger partial charge in [-0.2, -0.15) is 0 Å². The van der Waals surface area contributed by atoms with Crippen molar-refractivity contribution < 1.29 is 43.5 Å². The number of carbonyl (C=O) groups is 3. The molecule has 0 radical (unpaired) electrons. The molecular weight excluding hydrogens is 640 g/mol. The first-order chi connectivity index (χ1) is 24.3. The average Bonchev–Trinajstić information content (AvgIpc) is 3.50. The summed E-state index contributed by atoms with van der Waals surface area (Å²) in [5.74, 6) is -2.01. The topological polar surface area (TPSA) is 153 Å². The van der Waals surface area contributed by atoms with Gasteiger partial charge in [-0.1, -0.05) is 63.8 Å². The van der Waals surface area contributed by atoms with Crippen molar-refractivity contribution in [2.45, 2.75) is 102 Å². The van der Waals surface area contributed by atoms with E-state index >= 15 is 0 Å². The van der Waals surface area contributed by atoms with Gasteiger partial charge in [0.1, 0.15) is 24.9 Å². The molecule has 2 amide bonds. The first-order valence-electron chi connectivity index (χ1n) is 17.8. The van der Waals surface area contributed by atoms with Crippen molar-refractivity contribution in [1.82, 2.24) is 10.6 Å². The van der Waals surface area contributed by atoms with Crippen molar-refractivity contribution in [2.24, 2.45) is 0 Å². The molecule has 2 aliphatic rings. The second-order valence-corrected chi connectivity index (χ2v) is 12.7. The minimum absolute atomic E-state index is 0.100. The van der Waals surface area contributed by atoms with Crippen LogP contribution in [-0.2, 0) is 30.3 Å². The van der Waals surface area contributed by atoms with Crippen molar-refractivity contribution >= 4 is 23.9 Å². The molecule has 2 aromatic rings. The number of aliphatic hydroxyl groups is 2. The van der Waals surface area contributed by atoms with Crippen LogP contribution in [0.25, 0.3) is 6.08 Å². The zero-order valence-corrected chi connectivity index (χ0v) is 29.2. The molecule has 1 fully saturated rings. The van der Waals surface area contributed by atoms with Gasteiger partial charge in [0.15, 0.2) is 5.79 Å². The normalized spacial score (nSPS) is 19.4. The number of carbonyl (C=O) groups excluding carboxylic acids is 3. The summed E-state index contributed by atoms with van der Waals surface area (Å²) in [6.07, 6.45) is 10.7. The number of rotatable bonds is 20. The van der Waals surface area contributed by atoms with Gasteiger partial charge in [-0.05, 0) is 60.4 Å². The summed E-state index contributed by atoms with van der Waals surface area (Å²) >= 11 is 0. The maximum atomic E-state index is 13.6. The fourth-order valence-corrected chi connectivity index (χ4v) is 6.21. The zero-order valence-electron chi connectivity index (χ0n) is 29.2. The molecule has 11 nitrogen and oxygen atoms in total. The molecule has 0 spiro atoms. The fourth-order valence-electron chi connectivity index (χ4n) is 6.21. The highest BCUT2D eigenvalue weighted by molar-refractivity contribution is 5.95. The summed E-state index contributed by atoms with van der Waals surface area (Å²) in [4.78, 5) is 39.6. The lowest BCUT2D eigenvalue weighted by Gasteiger charge is -2.31. The third-order valence-corrected chi connectivity index (χ3v) is 8.78. The molecule has 4 rings (SSSR count). The summed E-state index contributed by atoms with van der Waals surface area (Å²) in [5, 5.41) is 23.5. The van der Waals surface area contributed by atoms with Crippen LogP contribution in [0.1, 0.15) is 103 Å². The number of ether oxygens (including phenoxy) is 4. The SMILES string of the molecule is CCCCCC1(CCCCC)OC2C=C(C(=O)NCc3cccc(C(=O)NCCO)c3)CC(OC(=O)c3cccc(C=COCCO)c3)C2O1. The zero-order chi connectivity index (χ0) is 35.8. The largest absolute Gasteiger partial charge is 0.499 e. The quantitative estimate of drug-likeness (QED) is 0.0834. The number of esters is 1. The van der Waals surface area contributed by atoms with Gasteiger partial charge in [0.2, 0.25) is 5.91 Å². The van der Waals surface area contributed by atoms with Crippen molar-refractivity contribution in [3.63, 3.8) is 0 Å². The molecule has 11 heteroatoms. The Morgan fingerprint density at radius 1 is 0.900 bits per heavy atom. The average molecular weight is 693 g/mol. The minimum atomic E-state index is -0.830. The first kappa shape index (κ1) is 38.8. The summed E-state index contributed by atoms with van der Waals surface area (Å²) in [6.45, 7) is 4.53. The van der Waals surface area contributed by atoms with E-state index in [2.05, 4.69) is 24.5 Å². The van der Waals surface area contributed by atoms with Gasteiger partial charge in [-0.25, -0.2) is 4.79 Å². The third-order valence-electron chi connectivity index (χ3n) is 8.78. The van der Waals surface area contributed by atoms with Crippen LogP contribution in [0.3, 0.4) is 0 Å². The number of hydrogen-bond donors (Lipinski definition) is 4. The van der Waals surface area contributed by atoms with Crippen LogP contribution < -0.4 is 10.6 Å². The smallest absolute Gasteiger partial charge is 0.338 e. The van der Waals surface area contributed by atoms with Crippen molar-refractivity contribution in [3.05, 3.63) is 88.7 Å². The molecular formula is C39H52N2O9. The van der Waals surface area contributed by atoms with Gasteiger partial charge in [-0.3, -0.25) is 9.59 Å². The Morgan fingerprint density at radius 3 is 2.36 bits per heavy atom. The van der Waals surface area contributed by atoms with Gasteiger partial charge >= 0.3 is 5.97 Å². The molecule has 3 atom stereocenters. The van der Waals surface area contributed by atoms with Crippen molar-refractivity contribution in [2.75, 3.05) is 26.4 Å². The second-order valence-electron chi connectivity index (χ2n) is 12.7. The number of unbranched alkanes of at least 4 members (excludes halogenated alkanes) is 4. The maximum absolute atomic E-state index is 13.6. The number of benzene rings is 2. The predicted molar refractivity (Wildman–Crippen MR) is 189 cm³/mol. The van der Waals surface area contributed by atoms with Crippen LogP contribution in [0.15, 0.2) is 66.4 Å². The second kappa shape index (κ2) is 20.0. The summed E-state index contributed by atoms with van der Waals surface area (Å²) in [5.41, 5.74) is 2.65. The molecule has 1 aliphatic heterocycles. The molecule has 3 unspecified atom stereocenters. The van der Waals surface area contributed by atoms with Crippen LogP contribution in [-0.4, -0.2) is 78.5 Å². The Labute approximate surface area is 295 Å². The molecule has 1 aliphatic carbocycles. The number of aliphatic hydroxyl groups excluding tert-OH is 2. The Morgan fingerprint density at radius 2 is 1.64 bits per heavy atom. The lowest BCUT2D eigenvalue weighted by atomic mass is 9.91. The monoisotopic (exact) mass is 692 g/mol. The van der Waals surface area contributed by atoms with Crippen molar-refractivity contribution in [3.8, 4) is 0 Å². The van der Waals surface area contributed by atoms with Gasteiger partial charge in [-0.15, -0.1) is 0 Å². The predicted octanol–water partition coefficient (Wildman–Crippen LogP) is 5.20.